The number of carboxylic acids is 2. The van der Waals surface area contributed by atoms with Crippen molar-refractivity contribution in [1.29, 1.82) is 0 Å². The van der Waals surface area contributed by atoms with Gasteiger partial charge in [-0.15, -0.1) is 0 Å². The molecule has 1 heterocycles. The summed E-state index contributed by atoms with van der Waals surface area (Å²) in [6.07, 6.45) is 2.37. The van der Waals surface area contributed by atoms with Crippen molar-refractivity contribution in [2.24, 2.45) is 5.73 Å². The second-order valence-electron chi connectivity index (χ2n) is 7.46. The quantitative estimate of drug-likeness (QED) is 0.321. The highest BCUT2D eigenvalue weighted by Gasteiger charge is 2.20. The Bertz CT molecular complexity index is 970. The van der Waals surface area contributed by atoms with Gasteiger partial charge in [0.15, 0.2) is 0 Å². The number of para-hydroxylation sites is 1. The zero-order valence-electron chi connectivity index (χ0n) is 18.7. The number of nitrogens with zero attached hydrogens (tertiary/aromatic N) is 1. The van der Waals surface area contributed by atoms with Gasteiger partial charge in [-0.25, -0.2) is 4.79 Å². The van der Waals surface area contributed by atoms with Gasteiger partial charge in [-0.05, 0) is 37.5 Å². The number of nitrogens with two attached hydrogens (primary N) is 1. The smallest absolute Gasteiger partial charge is 0.326 e. The molecule has 2 atom stereocenters. The maximum atomic E-state index is 11.9. The molecule has 1 aliphatic rings. The van der Waals surface area contributed by atoms with Crippen molar-refractivity contribution >= 4 is 23.7 Å². The first-order chi connectivity index (χ1) is 16.2. The molecule has 0 radical (unpaired) electrons. The number of hydrazine groups is 1. The van der Waals surface area contributed by atoms with Crippen LogP contribution < -0.4 is 22.0 Å². The number of urea groups is 1. The monoisotopic (exact) mass is 471 g/mol. The van der Waals surface area contributed by atoms with Gasteiger partial charge in [-0.3, -0.25) is 19.9 Å². The van der Waals surface area contributed by atoms with Gasteiger partial charge >= 0.3 is 18.0 Å². The number of carboxylic acid groups (broad SMARTS) is 2. The second kappa shape index (κ2) is 13.5. The summed E-state index contributed by atoms with van der Waals surface area (Å²) in [5.74, 6) is -1.85. The van der Waals surface area contributed by atoms with E-state index in [0.29, 0.717) is 5.88 Å². The number of nitrogens with one attached hydrogen (secondary N) is 3. The third-order valence-electron chi connectivity index (χ3n) is 4.62. The molecule has 11 nitrogen and oxygen atoms in total. The molecular formula is C23H29N5O6. The molecule has 34 heavy (non-hydrogen) atoms. The van der Waals surface area contributed by atoms with E-state index in [2.05, 4.69) is 35.3 Å². The Morgan fingerprint density at radius 3 is 2.24 bits per heavy atom. The summed E-state index contributed by atoms with van der Waals surface area (Å²) < 4.78 is 0. The first kappa shape index (κ1) is 26.2. The number of anilines is 1. The SMILES string of the molecule is CC(Cc1ccccc1)N1C=C(NC(=O)Nc2ccccc2)ON1.NC(CCC(=O)O)C(=O)O. The average Bonchev–Trinajstić information content (AvgIpc) is 3.27. The summed E-state index contributed by atoms with van der Waals surface area (Å²) in [5.41, 5.74) is 9.75. The van der Waals surface area contributed by atoms with E-state index in [0.717, 1.165) is 12.1 Å². The van der Waals surface area contributed by atoms with Crippen LogP contribution in [0.3, 0.4) is 0 Å². The molecule has 2 unspecified atom stereocenters. The first-order valence-electron chi connectivity index (χ1n) is 10.5. The Kier molecular flexibility index (Phi) is 10.4. The van der Waals surface area contributed by atoms with E-state index in [9.17, 15) is 14.4 Å². The van der Waals surface area contributed by atoms with E-state index >= 15 is 0 Å². The third-order valence-corrected chi connectivity index (χ3v) is 4.62. The van der Waals surface area contributed by atoms with Crippen LogP contribution in [0.1, 0.15) is 25.3 Å². The number of hydrogen-bond donors (Lipinski definition) is 6. The summed E-state index contributed by atoms with van der Waals surface area (Å²) >= 11 is 0. The Balaban J connectivity index is 0.000000347. The molecule has 2 aromatic carbocycles. The summed E-state index contributed by atoms with van der Waals surface area (Å²) in [6, 6.07) is 18.2. The van der Waals surface area contributed by atoms with E-state index in [-0.39, 0.29) is 24.9 Å². The molecule has 182 valence electrons. The third kappa shape index (κ3) is 9.59. The van der Waals surface area contributed by atoms with Crippen LogP contribution in [-0.4, -0.2) is 45.3 Å². The summed E-state index contributed by atoms with van der Waals surface area (Å²) in [4.78, 5) is 37.1. The summed E-state index contributed by atoms with van der Waals surface area (Å²) in [7, 11) is 0. The number of benzene rings is 2. The van der Waals surface area contributed by atoms with Crippen LogP contribution in [0.15, 0.2) is 72.7 Å². The number of aliphatic carboxylic acids is 2. The average molecular weight is 472 g/mol. The van der Waals surface area contributed by atoms with Crippen molar-refractivity contribution in [1.82, 2.24) is 15.9 Å². The van der Waals surface area contributed by atoms with Gasteiger partial charge in [0.25, 0.3) is 0 Å². The molecule has 2 amide bonds. The van der Waals surface area contributed by atoms with Crippen molar-refractivity contribution in [2.45, 2.75) is 38.3 Å². The lowest BCUT2D eigenvalue weighted by Crippen LogP contribution is -2.37. The Hall–Kier alpha value is -4.09. The van der Waals surface area contributed by atoms with Gasteiger partial charge in [-0.2, -0.15) is 0 Å². The van der Waals surface area contributed by atoms with E-state index in [1.165, 1.54) is 5.56 Å². The van der Waals surface area contributed by atoms with Crippen LogP contribution >= 0.6 is 0 Å². The highest BCUT2D eigenvalue weighted by Crippen LogP contribution is 2.13. The largest absolute Gasteiger partial charge is 0.481 e. The molecule has 0 aliphatic carbocycles. The predicted molar refractivity (Wildman–Crippen MR) is 125 cm³/mol. The minimum Gasteiger partial charge on any atom is -0.481 e. The summed E-state index contributed by atoms with van der Waals surface area (Å²) in [6.45, 7) is 2.08. The normalized spacial score (nSPS) is 13.9. The van der Waals surface area contributed by atoms with Crippen LogP contribution in [0, 0.1) is 0 Å². The minimum atomic E-state index is -1.17. The molecule has 0 saturated carbocycles. The minimum absolute atomic E-state index is 0.0231. The maximum absolute atomic E-state index is 11.9. The lowest BCUT2D eigenvalue weighted by Gasteiger charge is -2.21. The molecule has 0 aromatic heterocycles. The molecular weight excluding hydrogens is 442 g/mol. The van der Waals surface area contributed by atoms with Crippen LogP contribution in [0.2, 0.25) is 0 Å². The zero-order chi connectivity index (χ0) is 24.9. The molecule has 0 bridgehead atoms. The lowest BCUT2D eigenvalue weighted by molar-refractivity contribution is -0.139. The van der Waals surface area contributed by atoms with Gasteiger partial charge in [0.05, 0.1) is 6.20 Å². The first-order valence-corrected chi connectivity index (χ1v) is 10.5. The van der Waals surface area contributed by atoms with Gasteiger partial charge < -0.3 is 26.1 Å². The van der Waals surface area contributed by atoms with Crippen molar-refractivity contribution < 1.29 is 29.4 Å². The zero-order valence-corrected chi connectivity index (χ0v) is 18.7. The fourth-order valence-corrected chi connectivity index (χ4v) is 2.81. The molecule has 0 fully saturated rings. The van der Waals surface area contributed by atoms with Gasteiger partial charge in [0.1, 0.15) is 6.04 Å². The van der Waals surface area contributed by atoms with Gasteiger partial charge in [0.2, 0.25) is 5.88 Å². The molecule has 7 N–H and O–H groups in total. The lowest BCUT2D eigenvalue weighted by atomic mass is 10.1. The van der Waals surface area contributed by atoms with Crippen molar-refractivity contribution in [3.05, 3.63) is 78.3 Å². The van der Waals surface area contributed by atoms with Gasteiger partial charge in [-0.1, -0.05) is 54.1 Å². The van der Waals surface area contributed by atoms with Crippen molar-refractivity contribution in [3.63, 3.8) is 0 Å². The van der Waals surface area contributed by atoms with Crippen LogP contribution in [0.25, 0.3) is 0 Å². The van der Waals surface area contributed by atoms with Crippen molar-refractivity contribution in [3.8, 4) is 0 Å². The van der Waals surface area contributed by atoms with E-state index in [4.69, 9.17) is 20.8 Å². The molecule has 0 spiro atoms. The van der Waals surface area contributed by atoms with Crippen molar-refractivity contribution in [2.75, 3.05) is 5.32 Å². The molecule has 3 rings (SSSR count). The van der Waals surface area contributed by atoms with Gasteiger partial charge in [0, 0.05) is 18.2 Å². The van der Waals surface area contributed by atoms with Crippen LogP contribution in [0.4, 0.5) is 10.5 Å². The molecule has 11 heteroatoms. The Morgan fingerprint density at radius 2 is 1.65 bits per heavy atom. The molecule has 0 saturated heterocycles. The number of rotatable bonds is 9. The van der Waals surface area contributed by atoms with Crippen LogP contribution in [0.5, 0.6) is 0 Å². The van der Waals surface area contributed by atoms with Crippen LogP contribution in [-0.2, 0) is 20.8 Å². The molecule has 1 aliphatic heterocycles. The highest BCUT2D eigenvalue weighted by molar-refractivity contribution is 5.90. The number of amides is 2. The van der Waals surface area contributed by atoms with E-state index in [1.54, 1.807) is 6.20 Å². The fourth-order valence-electron chi connectivity index (χ4n) is 2.81. The number of carbonyl (C=O) groups is 3. The topological polar surface area (TPSA) is 166 Å². The van der Waals surface area contributed by atoms with E-state index < -0.39 is 18.0 Å². The van der Waals surface area contributed by atoms with E-state index in [1.807, 2.05) is 53.5 Å². The molecule has 2 aromatic rings. The fraction of sp³-hybridized carbons (Fsp3) is 0.261. The number of hydrogen-bond acceptors (Lipinski definition) is 7. The predicted octanol–water partition coefficient (Wildman–Crippen LogP) is 2.25. The number of carbonyl (C=O) groups excluding carboxylic acids is 1. The second-order valence-corrected chi connectivity index (χ2v) is 7.46. The highest BCUT2D eigenvalue weighted by atomic mass is 16.7. The summed E-state index contributed by atoms with van der Waals surface area (Å²) in [5, 5.41) is 23.5. The standard InChI is InChI=1S/C18H20N4O2.C5H9NO4/c1-14(12-15-8-4-2-5-9-15)22-13-17(24-21-22)20-18(23)19-16-10-6-3-7-11-16;6-3(5(9)10)1-2-4(7)8/h2-11,13-14,21H,12H2,1H3,(H2,19,20,23);3H,1-2,6H2,(H,7,8)(H,9,10). The Labute approximate surface area is 197 Å². The Morgan fingerprint density at radius 1 is 1.03 bits per heavy atom. The maximum Gasteiger partial charge on any atom is 0.326 e.